The molecule has 0 amide bonds. The number of hydrogen-bond acceptors (Lipinski definition) is 0. The molecule has 0 fully saturated rings. The third-order valence-corrected chi connectivity index (χ3v) is 0. The first-order chi connectivity index (χ1) is 1.00. The van der Waals surface area contributed by atoms with E-state index in [-0.39, 0.29) is 75.6 Å². The van der Waals surface area contributed by atoms with Crippen LogP contribution in [0, 0.1) is 0 Å². The molecule has 0 nitrogen and oxygen atoms in total. The standard InChI is InChI=1S/Pb.Se.Sn.Sr.4H/q;;;+2;;;2*-1. The van der Waals surface area contributed by atoms with E-state index in [4.69, 9.17) is 0 Å². The van der Waals surface area contributed by atoms with Crippen molar-refractivity contribution in [3.8, 4) is 0 Å². The van der Waals surface area contributed by atoms with Gasteiger partial charge in [0.2, 0.25) is 0 Å². The molecule has 0 aromatic rings. The molecule has 0 aliphatic carbocycles. The third-order valence-electron chi connectivity index (χ3n) is 0. The van der Waals surface area contributed by atoms with Gasteiger partial charge in [0, 0.05) is 0 Å². The van der Waals surface area contributed by atoms with Crippen LogP contribution in [0.2, 0.25) is 0 Å². The van der Waals surface area contributed by atoms with Gasteiger partial charge in [-0.15, -0.1) is 0 Å². The predicted molar refractivity (Wildman–Crippen MR) is 28.0 cm³/mol. The van der Waals surface area contributed by atoms with Gasteiger partial charge in [-0.3, -0.25) is 0 Å². The van der Waals surface area contributed by atoms with E-state index in [1.165, 1.54) is 19.7 Å². The van der Waals surface area contributed by atoms with Crippen LogP contribution < -0.4 is 0 Å². The number of rotatable bonds is 0. The maximum Gasteiger partial charge on any atom is 2.00 e. The fourth-order valence-corrected chi connectivity index (χ4v) is 0. The van der Waals surface area contributed by atoms with Crippen molar-refractivity contribution in [2.75, 3.05) is 0 Å². The Morgan fingerprint density at radius 3 is 1.50 bits per heavy atom. The van der Waals surface area contributed by atoms with Crippen LogP contribution in [0.25, 0.3) is 0 Å². The number of hydrogen-bond donors (Lipinski definition) is 0. The average Bonchev–Trinajstić information content (AvgIpc) is 1.00. The zero-order chi connectivity index (χ0) is 2.00. The molecule has 0 aromatic heterocycles. The Morgan fingerprint density at radius 1 is 1.50 bits per heavy atom. The molecule has 0 heterocycles. The molecule has 0 saturated carbocycles. The van der Waals surface area contributed by atoms with E-state index in [9.17, 15) is 0 Å². The first kappa shape index (κ1) is 15.6. The summed E-state index contributed by atoms with van der Waals surface area (Å²) in [4.78, 5) is 0. The van der Waals surface area contributed by atoms with Gasteiger partial charge >= 0.3 is 105 Å². The summed E-state index contributed by atoms with van der Waals surface area (Å²) in [5.74, 6) is 0. The van der Waals surface area contributed by atoms with Crippen molar-refractivity contribution in [1.82, 2.24) is 0 Å². The molecule has 4 heavy (non-hydrogen) atoms. The van der Waals surface area contributed by atoms with Crippen LogP contribution in [0.4, 0.5) is 0 Å². The molecule has 0 aliphatic heterocycles. The largest absolute Gasteiger partial charge is 2.00 e. The average molecular weight is 497 g/mol. The summed E-state index contributed by atoms with van der Waals surface area (Å²) in [5.41, 5.74) is 0. The monoisotopic (exact) mass is 500 g/mol. The Bertz CT molecular complexity index is 13.5. The molecule has 0 bridgehead atoms. The van der Waals surface area contributed by atoms with Gasteiger partial charge in [0.1, 0.15) is 0 Å². The summed E-state index contributed by atoms with van der Waals surface area (Å²) in [5, 5.41) is 0. The molecule has 0 atom stereocenters. The SMILES string of the molecule is [H-].[H-].[PbH2].[Se]=[Sn].[Sr+2]. The second kappa shape index (κ2) is 15.9. The van der Waals surface area contributed by atoms with Gasteiger partial charge in [0.15, 0.2) is 0 Å². The van der Waals surface area contributed by atoms with Crippen molar-refractivity contribution >= 4 is 105 Å². The molecule has 0 N–H and O–H groups in total. The first-order valence-electron chi connectivity index (χ1n) is 0.204. The van der Waals surface area contributed by atoms with Crippen molar-refractivity contribution < 1.29 is 2.85 Å². The molecule has 20 valence electrons. The van der Waals surface area contributed by atoms with Crippen LogP contribution >= 0.6 is 0 Å². The summed E-state index contributed by atoms with van der Waals surface area (Å²) in [7, 11) is 0. The Kier molecular flexibility index (Phi) is 62.2. The second-order valence-electron chi connectivity index (χ2n) is 0. The minimum atomic E-state index is 0. The van der Waals surface area contributed by atoms with Crippen molar-refractivity contribution in [2.24, 2.45) is 0 Å². The predicted octanol–water partition coefficient (Wildman–Crippen LogP) is -1.83. The van der Waals surface area contributed by atoms with E-state index in [0.29, 0.717) is 0 Å². The Balaban J connectivity index is -0.000000000833. The van der Waals surface area contributed by atoms with Crippen molar-refractivity contribution in [3.63, 3.8) is 0 Å². The van der Waals surface area contributed by atoms with Gasteiger partial charge < -0.3 is 2.85 Å². The molecular weight excluding hydrogens is 492 g/mol. The Labute approximate surface area is 105 Å². The van der Waals surface area contributed by atoms with E-state index in [0.717, 1.165) is 0 Å². The maximum atomic E-state index is 2.72. The first-order valence-corrected chi connectivity index (χ1v) is 7.12. The Hall–Kier alpha value is 3.72. The van der Waals surface area contributed by atoms with Gasteiger partial charge in [0.05, 0.1) is 0 Å². The van der Waals surface area contributed by atoms with E-state index < -0.39 is 0 Å². The van der Waals surface area contributed by atoms with Gasteiger partial charge in [-0.05, 0) is 0 Å². The van der Waals surface area contributed by atoms with E-state index in [2.05, 4.69) is 12.2 Å². The fraction of sp³-hybridized carbons (Fsp3) is 0. The topological polar surface area (TPSA) is 0 Å². The molecule has 0 aromatic carbocycles. The molecule has 0 spiro atoms. The van der Waals surface area contributed by atoms with Crippen molar-refractivity contribution in [3.05, 3.63) is 0 Å². The third kappa shape index (κ3) is 9.21. The van der Waals surface area contributed by atoms with Crippen LogP contribution in [-0.2, 0) is 0 Å². The molecular formula is H4PbSeSnSr. The van der Waals surface area contributed by atoms with Crippen molar-refractivity contribution in [2.45, 2.75) is 0 Å². The normalized spacial score (nSPS) is 1.00. The molecule has 4 radical (unpaired) electrons. The summed E-state index contributed by atoms with van der Waals surface area (Å²) in [6.45, 7) is 0. The van der Waals surface area contributed by atoms with E-state index in [1.807, 2.05) is 0 Å². The molecule has 4 heteroatoms. The minimum Gasteiger partial charge on any atom is 2.00 e. The van der Waals surface area contributed by atoms with Crippen LogP contribution in [0.3, 0.4) is 0 Å². The zero-order valence-electron chi connectivity index (χ0n) is 4.32. The summed E-state index contributed by atoms with van der Waals surface area (Å²) >= 11 is 4.14. The summed E-state index contributed by atoms with van der Waals surface area (Å²) in [6.07, 6.45) is 0. The van der Waals surface area contributed by atoms with Gasteiger partial charge in [0.25, 0.3) is 0 Å². The summed E-state index contributed by atoms with van der Waals surface area (Å²) in [6, 6.07) is 0. The van der Waals surface area contributed by atoms with Crippen molar-refractivity contribution in [1.29, 1.82) is 0 Å². The summed E-state index contributed by atoms with van der Waals surface area (Å²) < 4.78 is 0. The van der Waals surface area contributed by atoms with Gasteiger partial charge in [-0.1, -0.05) is 0 Å². The van der Waals surface area contributed by atoms with Gasteiger partial charge in [-0.2, -0.15) is 0 Å². The molecule has 0 aliphatic rings. The fourth-order valence-electron chi connectivity index (χ4n) is 0. The van der Waals surface area contributed by atoms with Gasteiger partial charge in [-0.25, -0.2) is 0 Å². The second-order valence-corrected chi connectivity index (χ2v) is 0. The Morgan fingerprint density at radius 2 is 1.50 bits per heavy atom. The van der Waals surface area contributed by atoms with E-state index in [1.54, 1.807) is 0 Å². The molecule has 0 saturated heterocycles. The minimum absolute atomic E-state index is 0. The van der Waals surface area contributed by atoms with Crippen LogP contribution in [0.1, 0.15) is 2.85 Å². The van der Waals surface area contributed by atoms with Crippen LogP contribution in [0.5, 0.6) is 0 Å². The van der Waals surface area contributed by atoms with E-state index >= 15 is 0 Å². The zero-order valence-corrected chi connectivity index (χ0v) is 15.9. The smallest absolute Gasteiger partial charge is 2.00 e. The van der Waals surface area contributed by atoms with Crippen LogP contribution in [-0.4, -0.2) is 105 Å². The molecule has 0 rings (SSSR count). The maximum absolute atomic E-state index is 2.72. The van der Waals surface area contributed by atoms with Crippen LogP contribution in [0.15, 0.2) is 0 Å². The quantitative estimate of drug-likeness (QED) is 0.346. The molecule has 0 unspecified atom stereocenters.